The number of amides is 1. The molecule has 1 aliphatic rings. The smallest absolute Gasteiger partial charge is 0.333 e. The van der Waals surface area contributed by atoms with Crippen molar-refractivity contribution in [1.29, 1.82) is 0 Å². The number of alkyl halides is 2. The normalized spacial score (nSPS) is 16.8. The van der Waals surface area contributed by atoms with Crippen molar-refractivity contribution in [2.75, 3.05) is 11.9 Å². The Bertz CT molecular complexity index is 1980. The molecule has 0 saturated carbocycles. The second-order valence-electron chi connectivity index (χ2n) is 10.8. The summed E-state index contributed by atoms with van der Waals surface area (Å²) in [5.41, 5.74) is 2.28. The van der Waals surface area contributed by atoms with Crippen LogP contribution in [-0.2, 0) is 4.79 Å². The number of benzene rings is 1. The lowest BCUT2D eigenvalue weighted by atomic mass is 9.96. The SMILES string of the molecule is CCOc1cn(C2CCCC(C)C(=O)Nc3cnn(C(F)F)c3-c3ccnc2c3)c(=O)cc1-c1cc(Cl)ccc1-n1cc(Cl)nn1. The molecule has 1 aliphatic heterocycles. The summed E-state index contributed by atoms with van der Waals surface area (Å²) in [6, 6.07) is 9.18. The molecule has 0 saturated heterocycles. The van der Waals surface area contributed by atoms with Gasteiger partial charge in [-0.05, 0) is 50.1 Å². The Morgan fingerprint density at radius 1 is 1.09 bits per heavy atom. The first-order valence-corrected chi connectivity index (χ1v) is 15.3. The molecule has 0 aliphatic carbocycles. The molecule has 5 aromatic rings. The molecule has 1 N–H and O–H groups in total. The van der Waals surface area contributed by atoms with E-state index in [9.17, 15) is 18.4 Å². The Balaban J connectivity index is 1.51. The minimum absolute atomic E-state index is 0.0397. The molecule has 6 rings (SSSR count). The fourth-order valence-corrected chi connectivity index (χ4v) is 5.94. The minimum atomic E-state index is -2.95. The van der Waals surface area contributed by atoms with Gasteiger partial charge in [-0.1, -0.05) is 41.8 Å². The van der Waals surface area contributed by atoms with Crippen molar-refractivity contribution in [1.82, 2.24) is 34.3 Å². The molecule has 5 heterocycles. The van der Waals surface area contributed by atoms with Gasteiger partial charge in [-0.15, -0.1) is 5.10 Å². The highest BCUT2D eigenvalue weighted by molar-refractivity contribution is 6.31. The Hall–Kier alpha value is -4.62. The number of anilines is 1. The average Bonchev–Trinajstić information content (AvgIpc) is 3.66. The molecule has 0 fully saturated rings. The van der Waals surface area contributed by atoms with Crippen LogP contribution < -0.4 is 15.6 Å². The van der Waals surface area contributed by atoms with Crippen LogP contribution in [0.2, 0.25) is 10.2 Å². The van der Waals surface area contributed by atoms with Gasteiger partial charge in [0.2, 0.25) is 5.91 Å². The van der Waals surface area contributed by atoms with Gasteiger partial charge in [-0.25, -0.2) is 9.36 Å². The zero-order valence-electron chi connectivity index (χ0n) is 24.7. The van der Waals surface area contributed by atoms with Crippen molar-refractivity contribution in [2.24, 2.45) is 5.92 Å². The fraction of sp³-hybridized carbons (Fsp3) is 0.290. The zero-order chi connectivity index (χ0) is 32.5. The van der Waals surface area contributed by atoms with E-state index in [0.29, 0.717) is 69.4 Å². The molecular weight excluding hydrogens is 641 g/mol. The third-order valence-corrected chi connectivity index (χ3v) is 8.25. The molecular formula is C31H28Cl2F2N8O3. The molecule has 0 spiro atoms. The van der Waals surface area contributed by atoms with E-state index in [1.54, 1.807) is 43.5 Å². The van der Waals surface area contributed by atoms with Crippen LogP contribution in [-0.4, -0.2) is 46.8 Å². The third-order valence-electron chi connectivity index (χ3n) is 7.84. The van der Waals surface area contributed by atoms with Gasteiger partial charge in [0.1, 0.15) is 5.75 Å². The number of nitrogens with one attached hydrogen (secondary N) is 1. The number of nitrogens with zero attached hydrogens (tertiary/aromatic N) is 7. The summed E-state index contributed by atoms with van der Waals surface area (Å²) in [6.45, 7) is 0.935. The lowest BCUT2D eigenvalue weighted by molar-refractivity contribution is -0.119. The summed E-state index contributed by atoms with van der Waals surface area (Å²) in [5, 5.41) is 15.1. The molecule has 1 amide bonds. The predicted octanol–water partition coefficient (Wildman–Crippen LogP) is 6.80. The molecule has 0 radical (unpaired) electrons. The number of hydrogen-bond acceptors (Lipinski definition) is 7. The summed E-state index contributed by atoms with van der Waals surface area (Å²) in [4.78, 5) is 31.6. The largest absolute Gasteiger partial charge is 0.492 e. The second kappa shape index (κ2) is 13.0. The second-order valence-corrected chi connectivity index (χ2v) is 11.6. The monoisotopic (exact) mass is 668 g/mol. The number of pyridine rings is 2. The van der Waals surface area contributed by atoms with Gasteiger partial charge in [-0.2, -0.15) is 13.9 Å². The van der Waals surface area contributed by atoms with Crippen molar-refractivity contribution in [3.63, 3.8) is 0 Å². The van der Waals surface area contributed by atoms with Gasteiger partial charge >= 0.3 is 6.55 Å². The maximum absolute atomic E-state index is 14.0. The lowest BCUT2D eigenvalue weighted by Gasteiger charge is -2.24. The first kappa shape index (κ1) is 31.4. The van der Waals surface area contributed by atoms with Gasteiger partial charge < -0.3 is 14.6 Å². The van der Waals surface area contributed by atoms with E-state index in [4.69, 9.17) is 27.9 Å². The van der Waals surface area contributed by atoms with Crippen LogP contribution in [0.5, 0.6) is 5.75 Å². The molecule has 46 heavy (non-hydrogen) atoms. The Labute approximate surface area is 271 Å². The molecule has 2 atom stereocenters. The molecule has 2 unspecified atom stereocenters. The lowest BCUT2D eigenvalue weighted by Crippen LogP contribution is -2.27. The van der Waals surface area contributed by atoms with E-state index in [0.717, 1.165) is 0 Å². The van der Waals surface area contributed by atoms with Crippen molar-refractivity contribution in [3.05, 3.63) is 87.4 Å². The number of rotatable bonds is 6. The van der Waals surface area contributed by atoms with Crippen LogP contribution in [0.25, 0.3) is 28.1 Å². The summed E-state index contributed by atoms with van der Waals surface area (Å²) in [5.74, 6) is -0.351. The quantitative estimate of drug-likeness (QED) is 0.211. The third kappa shape index (κ3) is 6.12. The molecule has 1 aromatic carbocycles. The maximum Gasteiger partial charge on any atom is 0.333 e. The van der Waals surface area contributed by atoms with Gasteiger partial charge in [0.15, 0.2) is 5.15 Å². The van der Waals surface area contributed by atoms with Crippen molar-refractivity contribution >= 4 is 34.8 Å². The Morgan fingerprint density at radius 3 is 2.65 bits per heavy atom. The number of hydrogen-bond donors (Lipinski definition) is 1. The topological polar surface area (TPSA) is 122 Å². The number of halogens is 4. The fourth-order valence-electron chi connectivity index (χ4n) is 5.64. The van der Waals surface area contributed by atoms with Crippen LogP contribution in [0.15, 0.2) is 66.0 Å². The van der Waals surface area contributed by atoms with E-state index in [1.165, 1.54) is 33.9 Å². The van der Waals surface area contributed by atoms with Gasteiger partial charge in [0.25, 0.3) is 5.56 Å². The van der Waals surface area contributed by atoms with E-state index in [2.05, 4.69) is 25.7 Å². The number of ether oxygens (including phenoxy) is 1. The average molecular weight is 670 g/mol. The highest BCUT2D eigenvalue weighted by atomic mass is 35.5. The van der Waals surface area contributed by atoms with Crippen molar-refractivity contribution in [3.8, 4) is 33.8 Å². The number of carbonyl (C=O) groups excluding carboxylic acids is 1. The van der Waals surface area contributed by atoms with E-state index >= 15 is 0 Å². The van der Waals surface area contributed by atoms with E-state index < -0.39 is 18.5 Å². The number of carbonyl (C=O) groups is 1. The summed E-state index contributed by atoms with van der Waals surface area (Å²) in [6.07, 6.45) is 7.34. The maximum atomic E-state index is 14.0. The number of fused-ring (bicyclic) bond motifs is 4. The van der Waals surface area contributed by atoms with Gasteiger partial charge in [-0.3, -0.25) is 14.6 Å². The van der Waals surface area contributed by atoms with Crippen LogP contribution >= 0.6 is 23.2 Å². The first-order valence-electron chi connectivity index (χ1n) is 14.5. The summed E-state index contributed by atoms with van der Waals surface area (Å²) >= 11 is 12.4. The standard InChI is InChI=1S/C31H28Cl2F2N8O3/c1-3-46-26-15-41(28(44)13-21(26)20-12-19(32)7-8-24(20)42-16-27(33)39-40-42)25-6-4-5-17(2)30(45)38-23-14-37-43(31(34)35)29(23)18-9-10-36-22(25)11-18/h7-17,25,31H,3-6H2,1-2H3,(H,38,45). The Morgan fingerprint density at radius 2 is 1.91 bits per heavy atom. The summed E-state index contributed by atoms with van der Waals surface area (Å²) in [7, 11) is 0. The zero-order valence-corrected chi connectivity index (χ0v) is 26.2. The highest BCUT2D eigenvalue weighted by Crippen LogP contribution is 2.38. The van der Waals surface area contributed by atoms with Crippen molar-refractivity contribution in [2.45, 2.75) is 45.7 Å². The number of aromatic nitrogens is 7. The summed E-state index contributed by atoms with van der Waals surface area (Å²) < 4.78 is 37.7. The molecule has 238 valence electrons. The predicted molar refractivity (Wildman–Crippen MR) is 169 cm³/mol. The highest BCUT2D eigenvalue weighted by Gasteiger charge is 2.27. The molecule has 4 aromatic heterocycles. The molecule has 11 nitrogen and oxygen atoms in total. The van der Waals surface area contributed by atoms with E-state index in [1.807, 2.05) is 6.92 Å². The molecule has 2 bridgehead atoms. The van der Waals surface area contributed by atoms with Crippen LogP contribution in [0, 0.1) is 5.92 Å². The Kier molecular flexibility index (Phi) is 8.87. The van der Waals surface area contributed by atoms with E-state index in [-0.39, 0.29) is 28.0 Å². The first-order chi connectivity index (χ1) is 22.1. The molecule has 15 heteroatoms. The van der Waals surface area contributed by atoms with Crippen molar-refractivity contribution < 1.29 is 18.3 Å². The van der Waals surface area contributed by atoms with Crippen LogP contribution in [0.4, 0.5) is 14.5 Å². The van der Waals surface area contributed by atoms with Crippen LogP contribution in [0.3, 0.4) is 0 Å². The van der Waals surface area contributed by atoms with Crippen LogP contribution in [0.1, 0.15) is 51.4 Å². The van der Waals surface area contributed by atoms with Gasteiger partial charge in [0.05, 0.1) is 54.0 Å². The minimum Gasteiger partial charge on any atom is -0.492 e. The van der Waals surface area contributed by atoms with Gasteiger partial charge in [0, 0.05) is 39.9 Å².